The summed E-state index contributed by atoms with van der Waals surface area (Å²) in [6.07, 6.45) is 3.22. The van der Waals surface area contributed by atoms with Crippen LogP contribution in [0.2, 0.25) is 0 Å². The van der Waals surface area contributed by atoms with E-state index in [0.29, 0.717) is 19.6 Å². The molecule has 2 aliphatic heterocycles. The number of hydrogen-bond acceptors (Lipinski definition) is 5. The number of hydrogen-bond donors (Lipinski definition) is 2. The number of nitrogens with two attached hydrogens (primary N) is 1. The maximum atomic E-state index is 12.1. The Morgan fingerprint density at radius 3 is 2.48 bits per heavy atom. The molecule has 1 spiro atoms. The fourth-order valence-corrected chi connectivity index (χ4v) is 4.00. The molecule has 7 heteroatoms. The van der Waals surface area contributed by atoms with Gasteiger partial charge in [-0.25, -0.2) is 0 Å². The van der Waals surface area contributed by atoms with Gasteiger partial charge < -0.3 is 20.5 Å². The van der Waals surface area contributed by atoms with Crippen molar-refractivity contribution in [2.24, 2.45) is 17.1 Å². The van der Waals surface area contributed by atoms with Crippen LogP contribution in [-0.4, -0.2) is 79.8 Å². The fraction of sp³-hybridized carbons (Fsp3) is 0.875. The summed E-state index contributed by atoms with van der Waals surface area (Å²) in [7, 11) is 1.60. The molecule has 2 amide bonds. The van der Waals surface area contributed by atoms with E-state index >= 15 is 0 Å². The Morgan fingerprint density at radius 2 is 1.91 bits per heavy atom. The standard InChI is InChI=1S/C16H29N3O4/c1-23-9-2-15(22)19-7-4-16(5-8-19)3-6-18(11-14(17)21)10-13(16)12-20/h13,20H,2-12H2,1H3,(H2,17,21)/t13-/m1/s1. The van der Waals surface area contributed by atoms with Crippen molar-refractivity contribution in [3.8, 4) is 0 Å². The molecule has 7 nitrogen and oxygen atoms in total. The van der Waals surface area contributed by atoms with Crippen LogP contribution in [-0.2, 0) is 14.3 Å². The number of aliphatic hydroxyl groups is 1. The van der Waals surface area contributed by atoms with Crippen LogP contribution in [0.4, 0.5) is 0 Å². The molecule has 1 atom stereocenters. The average Bonchev–Trinajstić information content (AvgIpc) is 2.54. The molecule has 0 bridgehead atoms. The van der Waals surface area contributed by atoms with Gasteiger partial charge in [0.05, 0.1) is 19.6 Å². The summed E-state index contributed by atoms with van der Waals surface area (Å²) in [6.45, 7) is 3.86. The van der Waals surface area contributed by atoms with E-state index in [1.807, 2.05) is 9.80 Å². The minimum atomic E-state index is -0.323. The largest absolute Gasteiger partial charge is 0.396 e. The summed E-state index contributed by atoms with van der Waals surface area (Å²) >= 11 is 0. The van der Waals surface area contributed by atoms with Gasteiger partial charge in [0, 0.05) is 39.3 Å². The zero-order chi connectivity index (χ0) is 16.9. The second kappa shape index (κ2) is 8.08. The first-order valence-electron chi connectivity index (χ1n) is 8.39. The molecule has 0 unspecified atom stereocenters. The van der Waals surface area contributed by atoms with Crippen molar-refractivity contribution < 1.29 is 19.4 Å². The van der Waals surface area contributed by atoms with Crippen molar-refractivity contribution in [2.75, 3.05) is 53.0 Å². The van der Waals surface area contributed by atoms with Crippen molar-refractivity contribution in [1.29, 1.82) is 0 Å². The topological polar surface area (TPSA) is 96.1 Å². The van der Waals surface area contributed by atoms with E-state index in [1.165, 1.54) is 0 Å². The Balaban J connectivity index is 1.91. The normalized spacial score (nSPS) is 24.8. The number of carbonyl (C=O) groups is 2. The van der Waals surface area contributed by atoms with Crippen LogP contribution in [0, 0.1) is 11.3 Å². The van der Waals surface area contributed by atoms with Gasteiger partial charge in [0.25, 0.3) is 0 Å². The summed E-state index contributed by atoms with van der Waals surface area (Å²) in [5, 5.41) is 9.81. The number of piperidine rings is 2. The van der Waals surface area contributed by atoms with Crippen molar-refractivity contribution in [1.82, 2.24) is 9.80 Å². The molecule has 0 radical (unpaired) electrons. The fourth-order valence-electron chi connectivity index (χ4n) is 4.00. The highest BCUT2D eigenvalue weighted by Crippen LogP contribution is 2.45. The number of methoxy groups -OCH3 is 1. The zero-order valence-corrected chi connectivity index (χ0v) is 14.0. The monoisotopic (exact) mass is 327 g/mol. The molecular weight excluding hydrogens is 298 g/mol. The van der Waals surface area contributed by atoms with Crippen LogP contribution in [0.15, 0.2) is 0 Å². The molecular formula is C16H29N3O4. The van der Waals surface area contributed by atoms with Gasteiger partial charge in [-0.15, -0.1) is 0 Å². The zero-order valence-electron chi connectivity index (χ0n) is 14.0. The molecule has 0 aliphatic carbocycles. The number of nitrogens with zero attached hydrogens (tertiary/aromatic N) is 2. The second-order valence-corrected chi connectivity index (χ2v) is 6.82. The smallest absolute Gasteiger partial charge is 0.231 e. The highest BCUT2D eigenvalue weighted by Gasteiger charge is 2.45. The average molecular weight is 327 g/mol. The van der Waals surface area contributed by atoms with Crippen LogP contribution >= 0.6 is 0 Å². The van der Waals surface area contributed by atoms with Crippen molar-refractivity contribution in [2.45, 2.75) is 25.7 Å². The molecule has 0 saturated carbocycles. The molecule has 2 heterocycles. The summed E-state index contributed by atoms with van der Waals surface area (Å²) < 4.78 is 4.97. The molecule has 23 heavy (non-hydrogen) atoms. The first kappa shape index (κ1) is 18.2. The molecule has 2 saturated heterocycles. The summed E-state index contributed by atoms with van der Waals surface area (Å²) in [5.74, 6) is -0.0311. The number of primary amides is 1. The summed E-state index contributed by atoms with van der Waals surface area (Å²) in [6, 6.07) is 0. The Bertz CT molecular complexity index is 422. The van der Waals surface area contributed by atoms with Gasteiger partial charge in [-0.3, -0.25) is 14.5 Å². The van der Waals surface area contributed by atoms with Crippen LogP contribution in [0.25, 0.3) is 0 Å². The lowest BCUT2D eigenvalue weighted by Gasteiger charge is -2.51. The molecule has 2 fully saturated rings. The lowest BCUT2D eigenvalue weighted by Crippen LogP contribution is -2.55. The summed E-state index contributed by atoms with van der Waals surface area (Å²) in [4.78, 5) is 27.1. The molecule has 0 aromatic carbocycles. The van der Waals surface area contributed by atoms with Gasteiger partial charge in [0.2, 0.25) is 11.8 Å². The number of rotatable bonds is 6. The molecule has 0 aromatic rings. The minimum absolute atomic E-state index is 0.0843. The third-order valence-corrected chi connectivity index (χ3v) is 5.50. The number of ether oxygens (including phenoxy) is 1. The van der Waals surface area contributed by atoms with Crippen molar-refractivity contribution >= 4 is 11.8 Å². The predicted molar refractivity (Wildman–Crippen MR) is 85.6 cm³/mol. The first-order valence-corrected chi connectivity index (χ1v) is 8.39. The Labute approximate surface area is 137 Å². The van der Waals surface area contributed by atoms with E-state index in [0.717, 1.165) is 38.9 Å². The highest BCUT2D eigenvalue weighted by atomic mass is 16.5. The summed E-state index contributed by atoms with van der Waals surface area (Å²) in [5.41, 5.74) is 5.36. The molecule has 2 rings (SSSR count). The van der Waals surface area contributed by atoms with Crippen LogP contribution in [0.5, 0.6) is 0 Å². The number of carbonyl (C=O) groups excluding carboxylic acids is 2. The van der Waals surface area contributed by atoms with Gasteiger partial charge in [-0.05, 0) is 31.2 Å². The molecule has 0 aromatic heterocycles. The van der Waals surface area contributed by atoms with E-state index in [9.17, 15) is 14.7 Å². The lowest BCUT2D eigenvalue weighted by molar-refractivity contribution is -0.137. The van der Waals surface area contributed by atoms with Gasteiger partial charge in [0.15, 0.2) is 0 Å². The van der Waals surface area contributed by atoms with Gasteiger partial charge in [0.1, 0.15) is 0 Å². The first-order chi connectivity index (χ1) is 11.0. The minimum Gasteiger partial charge on any atom is -0.396 e. The maximum absolute atomic E-state index is 12.1. The maximum Gasteiger partial charge on any atom is 0.231 e. The van der Waals surface area contributed by atoms with Gasteiger partial charge in [-0.2, -0.15) is 0 Å². The van der Waals surface area contributed by atoms with E-state index in [2.05, 4.69) is 0 Å². The Morgan fingerprint density at radius 1 is 1.26 bits per heavy atom. The number of aliphatic hydroxyl groups excluding tert-OH is 1. The Kier molecular flexibility index (Phi) is 6.38. The third kappa shape index (κ3) is 4.43. The lowest BCUT2D eigenvalue weighted by atomic mass is 9.64. The van der Waals surface area contributed by atoms with E-state index < -0.39 is 0 Å². The van der Waals surface area contributed by atoms with Crippen molar-refractivity contribution in [3.63, 3.8) is 0 Å². The third-order valence-electron chi connectivity index (χ3n) is 5.50. The Hall–Kier alpha value is -1.18. The SMILES string of the molecule is COCCC(=O)N1CCC2(CCN(CC(N)=O)C[C@@H]2CO)CC1. The quantitative estimate of drug-likeness (QED) is 0.681. The second-order valence-electron chi connectivity index (χ2n) is 6.82. The number of likely N-dealkylation sites (tertiary alicyclic amines) is 2. The van der Waals surface area contributed by atoms with Crippen LogP contribution in [0.3, 0.4) is 0 Å². The van der Waals surface area contributed by atoms with Crippen LogP contribution < -0.4 is 5.73 Å². The highest BCUT2D eigenvalue weighted by molar-refractivity contribution is 5.76. The molecule has 3 N–H and O–H groups in total. The van der Waals surface area contributed by atoms with Gasteiger partial charge in [-0.1, -0.05) is 0 Å². The predicted octanol–water partition coefficient (Wildman–Crippen LogP) is -0.569. The van der Waals surface area contributed by atoms with E-state index in [-0.39, 0.29) is 36.3 Å². The van der Waals surface area contributed by atoms with E-state index in [4.69, 9.17) is 10.5 Å². The number of amides is 2. The molecule has 132 valence electrons. The molecule has 2 aliphatic rings. The van der Waals surface area contributed by atoms with Crippen LogP contribution in [0.1, 0.15) is 25.7 Å². The van der Waals surface area contributed by atoms with Crippen molar-refractivity contribution in [3.05, 3.63) is 0 Å². The van der Waals surface area contributed by atoms with Gasteiger partial charge >= 0.3 is 0 Å². The van der Waals surface area contributed by atoms with E-state index in [1.54, 1.807) is 7.11 Å².